The second-order valence-corrected chi connectivity index (χ2v) is 6.41. The number of hydrogen-bond acceptors (Lipinski definition) is 2. The zero-order valence-electron chi connectivity index (χ0n) is 11.0. The summed E-state index contributed by atoms with van der Waals surface area (Å²) in [6.07, 6.45) is 4.11. The van der Waals surface area contributed by atoms with Crippen LogP contribution in [0.3, 0.4) is 0 Å². The summed E-state index contributed by atoms with van der Waals surface area (Å²) in [6.45, 7) is 0.516. The first kappa shape index (κ1) is 11.5. The molecule has 3 aliphatic carbocycles. The molecule has 4 rings (SSSR count). The van der Waals surface area contributed by atoms with Gasteiger partial charge in [-0.3, -0.25) is 4.79 Å². The molecule has 19 heavy (non-hydrogen) atoms. The van der Waals surface area contributed by atoms with Gasteiger partial charge < -0.3 is 11.1 Å². The predicted molar refractivity (Wildman–Crippen MR) is 74.3 cm³/mol. The molecule has 1 amide bonds. The van der Waals surface area contributed by atoms with Crippen LogP contribution < -0.4 is 11.1 Å². The van der Waals surface area contributed by atoms with E-state index < -0.39 is 0 Å². The maximum absolute atomic E-state index is 12.4. The van der Waals surface area contributed by atoms with Crippen LogP contribution in [0.4, 0.5) is 5.69 Å². The summed E-state index contributed by atoms with van der Waals surface area (Å²) >= 11 is 0. The Bertz CT molecular complexity index is 511. The van der Waals surface area contributed by atoms with E-state index in [0.29, 0.717) is 24.3 Å². The first-order chi connectivity index (χ1) is 9.28. The van der Waals surface area contributed by atoms with Gasteiger partial charge in [0.25, 0.3) is 0 Å². The maximum atomic E-state index is 12.4. The Labute approximate surface area is 113 Å². The Morgan fingerprint density at radius 3 is 2.68 bits per heavy atom. The van der Waals surface area contributed by atoms with Crippen LogP contribution in [-0.2, 0) is 11.3 Å². The average molecular weight is 256 g/mol. The van der Waals surface area contributed by atoms with E-state index in [-0.39, 0.29) is 5.91 Å². The van der Waals surface area contributed by atoms with Gasteiger partial charge in [-0.25, -0.2) is 0 Å². The SMILES string of the molecule is NCc1cccc(NC(=O)C2C3C4CCC(C4)C23)c1. The zero-order chi connectivity index (χ0) is 13.0. The minimum atomic E-state index is 0.237. The first-order valence-electron chi connectivity index (χ1n) is 7.38. The van der Waals surface area contributed by atoms with E-state index in [9.17, 15) is 4.79 Å². The summed E-state index contributed by atoms with van der Waals surface area (Å²) in [6, 6.07) is 7.87. The molecule has 0 radical (unpaired) electrons. The van der Waals surface area contributed by atoms with Gasteiger partial charge in [0.2, 0.25) is 5.91 Å². The van der Waals surface area contributed by atoms with Crippen LogP contribution in [0.15, 0.2) is 24.3 Å². The number of fused-ring (bicyclic) bond motifs is 5. The van der Waals surface area contributed by atoms with E-state index in [1.807, 2.05) is 24.3 Å². The van der Waals surface area contributed by atoms with E-state index in [2.05, 4.69) is 5.32 Å². The number of amides is 1. The molecule has 0 aliphatic heterocycles. The standard InChI is InChI=1S/C16H20N2O/c17-8-9-2-1-3-12(6-9)18-16(19)15-13-10-4-5-11(7-10)14(13)15/h1-3,6,10-11,13-15H,4-5,7-8,17H2,(H,18,19). The van der Waals surface area contributed by atoms with Crippen molar-refractivity contribution >= 4 is 11.6 Å². The van der Waals surface area contributed by atoms with Crippen LogP contribution in [0.25, 0.3) is 0 Å². The number of nitrogens with one attached hydrogen (secondary N) is 1. The van der Waals surface area contributed by atoms with Gasteiger partial charge >= 0.3 is 0 Å². The lowest BCUT2D eigenvalue weighted by Crippen LogP contribution is -2.18. The lowest BCUT2D eigenvalue weighted by atomic mass is 10.0. The second-order valence-electron chi connectivity index (χ2n) is 6.41. The zero-order valence-corrected chi connectivity index (χ0v) is 11.0. The summed E-state index contributed by atoms with van der Waals surface area (Å²) in [5.74, 6) is 3.64. The molecule has 4 unspecified atom stereocenters. The van der Waals surface area contributed by atoms with Crippen molar-refractivity contribution in [1.29, 1.82) is 0 Å². The van der Waals surface area contributed by atoms with Gasteiger partial charge in [0, 0.05) is 18.2 Å². The van der Waals surface area contributed by atoms with Crippen molar-refractivity contribution in [3.8, 4) is 0 Å². The van der Waals surface area contributed by atoms with Gasteiger partial charge in [0.15, 0.2) is 0 Å². The fourth-order valence-electron chi connectivity index (χ4n) is 4.68. The van der Waals surface area contributed by atoms with Crippen molar-refractivity contribution in [3.63, 3.8) is 0 Å². The van der Waals surface area contributed by atoms with Crippen LogP contribution in [0.5, 0.6) is 0 Å². The van der Waals surface area contributed by atoms with Gasteiger partial charge in [-0.15, -0.1) is 0 Å². The normalized spacial score (nSPS) is 38.1. The lowest BCUT2D eigenvalue weighted by molar-refractivity contribution is -0.118. The molecule has 4 atom stereocenters. The summed E-state index contributed by atoms with van der Waals surface area (Å²) in [5, 5.41) is 3.08. The maximum Gasteiger partial charge on any atom is 0.228 e. The molecule has 0 saturated heterocycles. The highest BCUT2D eigenvalue weighted by molar-refractivity contribution is 5.95. The van der Waals surface area contributed by atoms with E-state index in [1.165, 1.54) is 19.3 Å². The number of anilines is 1. The number of nitrogens with two attached hydrogens (primary N) is 1. The van der Waals surface area contributed by atoms with Crippen LogP contribution in [0, 0.1) is 29.6 Å². The number of rotatable bonds is 3. The number of carbonyl (C=O) groups is 1. The van der Waals surface area contributed by atoms with E-state index >= 15 is 0 Å². The van der Waals surface area contributed by atoms with Gasteiger partial charge in [0.1, 0.15) is 0 Å². The molecule has 2 bridgehead atoms. The van der Waals surface area contributed by atoms with Gasteiger partial charge in [-0.2, -0.15) is 0 Å². The molecule has 1 aromatic carbocycles. The monoisotopic (exact) mass is 256 g/mol. The van der Waals surface area contributed by atoms with E-state index in [4.69, 9.17) is 5.73 Å². The van der Waals surface area contributed by atoms with Crippen LogP contribution in [0.1, 0.15) is 24.8 Å². The molecule has 3 nitrogen and oxygen atoms in total. The Kier molecular flexibility index (Phi) is 2.46. The third-order valence-corrected chi connectivity index (χ3v) is 5.47. The molecule has 0 heterocycles. The molecule has 3 fully saturated rings. The number of carbonyl (C=O) groups excluding carboxylic acids is 1. The third-order valence-electron chi connectivity index (χ3n) is 5.47. The largest absolute Gasteiger partial charge is 0.326 e. The van der Waals surface area contributed by atoms with Crippen molar-refractivity contribution in [1.82, 2.24) is 0 Å². The Hall–Kier alpha value is -1.35. The minimum absolute atomic E-state index is 0.237. The Morgan fingerprint density at radius 1 is 1.26 bits per heavy atom. The second kappa shape index (κ2) is 4.07. The summed E-state index contributed by atoms with van der Waals surface area (Å²) < 4.78 is 0. The number of benzene rings is 1. The summed E-state index contributed by atoms with van der Waals surface area (Å²) in [7, 11) is 0. The quantitative estimate of drug-likeness (QED) is 0.872. The topological polar surface area (TPSA) is 55.1 Å². The van der Waals surface area contributed by atoms with Crippen molar-refractivity contribution in [2.75, 3.05) is 5.32 Å². The van der Waals surface area contributed by atoms with Crippen molar-refractivity contribution < 1.29 is 4.79 Å². The molecule has 3 N–H and O–H groups in total. The molecule has 100 valence electrons. The fraction of sp³-hybridized carbons (Fsp3) is 0.562. The highest BCUT2D eigenvalue weighted by atomic mass is 16.2. The summed E-state index contributed by atoms with van der Waals surface area (Å²) in [4.78, 5) is 12.4. The fourth-order valence-corrected chi connectivity index (χ4v) is 4.68. The van der Waals surface area contributed by atoms with Crippen LogP contribution in [-0.4, -0.2) is 5.91 Å². The predicted octanol–water partition coefficient (Wildman–Crippen LogP) is 2.38. The van der Waals surface area contributed by atoms with Gasteiger partial charge in [-0.05, 0) is 60.6 Å². The average Bonchev–Trinajstić information content (AvgIpc) is 2.88. The first-order valence-corrected chi connectivity index (χ1v) is 7.38. The smallest absolute Gasteiger partial charge is 0.228 e. The van der Waals surface area contributed by atoms with Gasteiger partial charge in [0.05, 0.1) is 0 Å². The molecular weight excluding hydrogens is 236 g/mol. The van der Waals surface area contributed by atoms with Crippen molar-refractivity contribution in [2.24, 2.45) is 35.3 Å². The summed E-state index contributed by atoms with van der Waals surface area (Å²) in [5.41, 5.74) is 7.59. The Balaban J connectivity index is 1.45. The molecule has 3 heteroatoms. The molecule has 3 saturated carbocycles. The van der Waals surface area contributed by atoms with E-state index in [1.54, 1.807) is 0 Å². The highest BCUT2D eigenvalue weighted by Crippen LogP contribution is 2.69. The minimum Gasteiger partial charge on any atom is -0.326 e. The number of hydrogen-bond donors (Lipinski definition) is 2. The van der Waals surface area contributed by atoms with Crippen molar-refractivity contribution in [3.05, 3.63) is 29.8 Å². The van der Waals surface area contributed by atoms with Crippen LogP contribution >= 0.6 is 0 Å². The molecule has 1 aromatic rings. The van der Waals surface area contributed by atoms with Gasteiger partial charge in [-0.1, -0.05) is 12.1 Å². The van der Waals surface area contributed by atoms with E-state index in [0.717, 1.165) is 23.1 Å². The third kappa shape index (κ3) is 1.71. The lowest BCUT2D eigenvalue weighted by Gasteiger charge is -2.10. The van der Waals surface area contributed by atoms with Crippen LogP contribution in [0.2, 0.25) is 0 Å². The highest BCUT2D eigenvalue weighted by Gasteiger charge is 2.67. The molecule has 0 spiro atoms. The molecule has 0 aromatic heterocycles. The molecule has 3 aliphatic rings. The van der Waals surface area contributed by atoms with Crippen molar-refractivity contribution in [2.45, 2.75) is 25.8 Å². The molecular formula is C16H20N2O. The Morgan fingerprint density at radius 2 is 2.00 bits per heavy atom.